The summed E-state index contributed by atoms with van der Waals surface area (Å²) in [5.74, 6) is 1.12. The van der Waals surface area contributed by atoms with Gasteiger partial charge in [-0.2, -0.15) is 11.8 Å². The first-order valence-electron chi connectivity index (χ1n) is 6.34. The first-order chi connectivity index (χ1) is 8.57. The zero-order valence-corrected chi connectivity index (χ0v) is 12.6. The smallest absolute Gasteiger partial charge is 0.0451 e. The monoisotopic (exact) mass is 284 g/mol. The van der Waals surface area contributed by atoms with Gasteiger partial charge in [0.05, 0.1) is 0 Å². The predicted molar refractivity (Wildman–Crippen MR) is 81.2 cm³/mol. The lowest BCUT2D eigenvalue weighted by molar-refractivity contribution is 0.139. The van der Waals surface area contributed by atoms with E-state index in [4.69, 9.17) is 17.3 Å². The van der Waals surface area contributed by atoms with Crippen molar-refractivity contribution in [2.24, 2.45) is 5.73 Å². The van der Waals surface area contributed by atoms with Crippen molar-refractivity contribution < 1.29 is 0 Å². The van der Waals surface area contributed by atoms with Crippen LogP contribution in [0.2, 0.25) is 5.02 Å². The van der Waals surface area contributed by atoms with Gasteiger partial charge >= 0.3 is 0 Å². The molecule has 100 valence electrons. The minimum Gasteiger partial charge on any atom is -0.329 e. The van der Waals surface area contributed by atoms with Gasteiger partial charge < -0.3 is 5.73 Å². The van der Waals surface area contributed by atoms with Crippen LogP contribution in [-0.2, 0) is 6.54 Å². The lowest BCUT2D eigenvalue weighted by Crippen LogP contribution is -2.52. The molecule has 18 heavy (non-hydrogen) atoms. The molecular weight excluding hydrogens is 264 g/mol. The Morgan fingerprint density at radius 2 is 2.22 bits per heavy atom. The zero-order valence-electron chi connectivity index (χ0n) is 11.0. The predicted octanol–water partition coefficient (Wildman–Crippen LogP) is 2.99. The third kappa shape index (κ3) is 2.85. The van der Waals surface area contributed by atoms with Crippen molar-refractivity contribution in [3.05, 3.63) is 34.9 Å². The fourth-order valence-electron chi connectivity index (χ4n) is 2.56. The molecule has 4 heteroatoms. The Labute approximate surface area is 119 Å². The second kappa shape index (κ2) is 5.83. The number of hydrogen-bond acceptors (Lipinski definition) is 3. The van der Waals surface area contributed by atoms with Gasteiger partial charge in [0.2, 0.25) is 0 Å². The van der Waals surface area contributed by atoms with Crippen molar-refractivity contribution in [3.8, 4) is 0 Å². The molecule has 1 saturated heterocycles. The van der Waals surface area contributed by atoms with Crippen molar-refractivity contribution in [2.75, 3.05) is 19.3 Å². The fourth-order valence-corrected chi connectivity index (χ4v) is 4.24. The molecule has 0 bridgehead atoms. The molecule has 1 aliphatic rings. The van der Waals surface area contributed by atoms with Crippen molar-refractivity contribution in [2.45, 2.75) is 30.7 Å². The molecule has 0 radical (unpaired) electrons. The van der Waals surface area contributed by atoms with Crippen LogP contribution in [0.5, 0.6) is 0 Å². The van der Waals surface area contributed by atoms with Crippen molar-refractivity contribution in [3.63, 3.8) is 0 Å². The summed E-state index contributed by atoms with van der Waals surface area (Å²) in [6, 6.07) is 8.05. The molecule has 0 saturated carbocycles. The minimum atomic E-state index is 0.128. The van der Waals surface area contributed by atoms with E-state index in [2.05, 4.69) is 24.9 Å². The molecule has 2 rings (SSSR count). The van der Waals surface area contributed by atoms with Crippen LogP contribution in [0, 0.1) is 0 Å². The van der Waals surface area contributed by atoms with E-state index >= 15 is 0 Å². The third-order valence-electron chi connectivity index (χ3n) is 3.86. The van der Waals surface area contributed by atoms with Crippen LogP contribution in [-0.4, -0.2) is 35.0 Å². The molecule has 0 spiro atoms. The van der Waals surface area contributed by atoms with E-state index in [1.54, 1.807) is 0 Å². The quantitative estimate of drug-likeness (QED) is 0.922. The summed E-state index contributed by atoms with van der Waals surface area (Å²) in [5, 5.41) is 1.54. The molecule has 1 aromatic carbocycles. The Morgan fingerprint density at radius 3 is 2.78 bits per heavy atom. The van der Waals surface area contributed by atoms with Gasteiger partial charge in [-0.25, -0.2) is 0 Å². The topological polar surface area (TPSA) is 29.3 Å². The molecule has 2 nitrogen and oxygen atoms in total. The second-order valence-electron chi connectivity index (χ2n) is 5.20. The van der Waals surface area contributed by atoms with Crippen LogP contribution in [0.15, 0.2) is 24.3 Å². The average molecular weight is 285 g/mol. The lowest BCUT2D eigenvalue weighted by atomic mass is 9.94. The van der Waals surface area contributed by atoms with Crippen molar-refractivity contribution >= 4 is 23.4 Å². The molecular formula is C14H21ClN2S. The normalized spacial score (nSPS) is 27.9. The number of rotatable bonds is 4. The first kappa shape index (κ1) is 14.2. The van der Waals surface area contributed by atoms with Gasteiger partial charge in [-0.1, -0.05) is 36.7 Å². The number of hydrogen-bond donors (Lipinski definition) is 1. The number of nitrogens with two attached hydrogens (primary N) is 1. The first-order valence-corrected chi connectivity index (χ1v) is 7.76. The van der Waals surface area contributed by atoms with Gasteiger partial charge in [-0.15, -0.1) is 0 Å². The zero-order chi connectivity index (χ0) is 13.2. The van der Waals surface area contributed by atoms with Gasteiger partial charge in [0.25, 0.3) is 0 Å². The molecule has 0 amide bonds. The fraction of sp³-hybridized carbons (Fsp3) is 0.571. The van der Waals surface area contributed by atoms with Crippen LogP contribution in [0.4, 0.5) is 0 Å². The average Bonchev–Trinajstić information content (AvgIpc) is 2.75. The highest BCUT2D eigenvalue weighted by atomic mass is 35.5. The summed E-state index contributed by atoms with van der Waals surface area (Å²) in [7, 11) is 2.16. The van der Waals surface area contributed by atoms with E-state index in [1.807, 2.05) is 30.0 Å². The van der Waals surface area contributed by atoms with Crippen molar-refractivity contribution in [1.29, 1.82) is 0 Å². The molecule has 0 aromatic heterocycles. The van der Waals surface area contributed by atoms with Crippen LogP contribution in [0.3, 0.4) is 0 Å². The Morgan fingerprint density at radius 1 is 1.50 bits per heavy atom. The number of halogens is 1. The summed E-state index contributed by atoms with van der Waals surface area (Å²) in [6.07, 6.45) is 1.16. The Balaban J connectivity index is 2.11. The second-order valence-corrected chi connectivity index (χ2v) is 7.04. The van der Waals surface area contributed by atoms with Gasteiger partial charge in [0.15, 0.2) is 0 Å². The van der Waals surface area contributed by atoms with Gasteiger partial charge in [-0.3, -0.25) is 4.90 Å². The van der Waals surface area contributed by atoms with Crippen LogP contribution in [0.25, 0.3) is 0 Å². The summed E-state index contributed by atoms with van der Waals surface area (Å²) in [5.41, 5.74) is 7.34. The molecule has 1 heterocycles. The molecule has 0 aliphatic carbocycles. The van der Waals surface area contributed by atoms with Gasteiger partial charge in [0.1, 0.15) is 0 Å². The molecule has 2 N–H and O–H groups in total. The number of benzene rings is 1. The Bertz CT molecular complexity index is 413. The molecule has 2 unspecified atom stereocenters. The van der Waals surface area contributed by atoms with Crippen LogP contribution in [0.1, 0.15) is 18.9 Å². The largest absolute Gasteiger partial charge is 0.329 e. The maximum Gasteiger partial charge on any atom is 0.0451 e. The van der Waals surface area contributed by atoms with Crippen LogP contribution >= 0.6 is 23.4 Å². The van der Waals surface area contributed by atoms with E-state index in [9.17, 15) is 0 Å². The van der Waals surface area contributed by atoms with E-state index in [1.165, 1.54) is 5.56 Å². The minimum absolute atomic E-state index is 0.128. The Hall–Kier alpha value is -0.220. The lowest BCUT2D eigenvalue weighted by Gasteiger charge is -2.37. The summed E-state index contributed by atoms with van der Waals surface area (Å²) >= 11 is 8.25. The number of nitrogens with zero attached hydrogens (tertiary/aromatic N) is 1. The van der Waals surface area contributed by atoms with E-state index in [0.717, 1.165) is 23.7 Å². The Kier molecular flexibility index (Phi) is 4.59. The van der Waals surface area contributed by atoms with Crippen LogP contribution < -0.4 is 5.73 Å². The highest BCUT2D eigenvalue weighted by Crippen LogP contribution is 2.38. The van der Waals surface area contributed by atoms with E-state index in [-0.39, 0.29) is 5.54 Å². The molecule has 1 aliphatic heterocycles. The maximum atomic E-state index is 6.23. The van der Waals surface area contributed by atoms with E-state index in [0.29, 0.717) is 11.8 Å². The highest BCUT2D eigenvalue weighted by Gasteiger charge is 2.40. The number of likely N-dealkylation sites (N-methyl/N-ethyl adjacent to an activating group) is 1. The third-order valence-corrected chi connectivity index (χ3v) is 5.67. The maximum absolute atomic E-state index is 6.23. The summed E-state index contributed by atoms with van der Waals surface area (Å²) < 4.78 is 0. The number of thioether (sulfide) groups is 1. The SMILES string of the molecule is CC1CC(CN)(N(C)Cc2ccccc2Cl)CS1. The molecule has 1 fully saturated rings. The highest BCUT2D eigenvalue weighted by molar-refractivity contribution is 8.00. The van der Waals surface area contributed by atoms with Crippen molar-refractivity contribution in [1.82, 2.24) is 4.90 Å². The summed E-state index contributed by atoms with van der Waals surface area (Å²) in [4.78, 5) is 2.38. The van der Waals surface area contributed by atoms with Gasteiger partial charge in [0, 0.05) is 34.7 Å². The molecule has 2 atom stereocenters. The molecule has 1 aromatic rings. The van der Waals surface area contributed by atoms with E-state index < -0.39 is 0 Å². The standard InChI is InChI=1S/C14H21ClN2S/c1-11-7-14(9-16,10-18-11)17(2)8-12-5-3-4-6-13(12)15/h3-6,11H,7-10,16H2,1-2H3. The van der Waals surface area contributed by atoms with Gasteiger partial charge in [-0.05, 0) is 25.1 Å². The summed E-state index contributed by atoms with van der Waals surface area (Å²) in [6.45, 7) is 3.86.